The van der Waals surface area contributed by atoms with Crippen LogP contribution in [-0.4, -0.2) is 24.0 Å². The SMILES string of the molecule is COC(=O)CC(NC(=O)CCc1c(C)[nH]c(=O)c(C#N)c1C)c1ccccc1. The van der Waals surface area contributed by atoms with E-state index in [1.165, 1.54) is 7.11 Å². The van der Waals surface area contributed by atoms with Crippen molar-refractivity contribution in [2.45, 2.75) is 39.2 Å². The van der Waals surface area contributed by atoms with E-state index in [-0.39, 0.29) is 24.3 Å². The molecule has 0 aliphatic rings. The van der Waals surface area contributed by atoms with Gasteiger partial charge in [0.15, 0.2) is 0 Å². The van der Waals surface area contributed by atoms with Gasteiger partial charge in [0.2, 0.25) is 5.91 Å². The van der Waals surface area contributed by atoms with Gasteiger partial charge < -0.3 is 15.0 Å². The van der Waals surface area contributed by atoms with Gasteiger partial charge in [0, 0.05) is 12.1 Å². The Morgan fingerprint density at radius 2 is 1.93 bits per heavy atom. The van der Waals surface area contributed by atoms with E-state index in [2.05, 4.69) is 10.3 Å². The summed E-state index contributed by atoms with van der Waals surface area (Å²) in [5.74, 6) is -0.651. The van der Waals surface area contributed by atoms with Crippen molar-refractivity contribution < 1.29 is 14.3 Å². The number of hydrogen-bond acceptors (Lipinski definition) is 5. The zero-order valence-electron chi connectivity index (χ0n) is 16.2. The predicted octanol–water partition coefficient (Wildman–Crippen LogP) is 2.22. The highest BCUT2D eigenvalue weighted by atomic mass is 16.5. The van der Waals surface area contributed by atoms with Gasteiger partial charge >= 0.3 is 5.97 Å². The molecule has 0 saturated carbocycles. The van der Waals surface area contributed by atoms with Crippen molar-refractivity contribution in [1.29, 1.82) is 5.26 Å². The Bertz CT molecular complexity index is 958. The fraction of sp³-hybridized carbons (Fsp3) is 0.333. The Balaban J connectivity index is 2.13. The van der Waals surface area contributed by atoms with E-state index in [9.17, 15) is 14.4 Å². The summed E-state index contributed by atoms with van der Waals surface area (Å²) in [4.78, 5) is 38.7. The number of nitrogens with one attached hydrogen (secondary N) is 2. The van der Waals surface area contributed by atoms with Gasteiger partial charge in [-0.05, 0) is 37.0 Å². The zero-order valence-corrected chi connectivity index (χ0v) is 16.2. The summed E-state index contributed by atoms with van der Waals surface area (Å²) in [6, 6.07) is 10.6. The number of H-pyrrole nitrogens is 1. The van der Waals surface area contributed by atoms with Crippen LogP contribution in [0.25, 0.3) is 0 Å². The molecule has 2 aromatic rings. The van der Waals surface area contributed by atoms with Crippen LogP contribution >= 0.6 is 0 Å². The lowest BCUT2D eigenvalue weighted by Gasteiger charge is -2.18. The molecule has 146 valence electrons. The van der Waals surface area contributed by atoms with Crippen molar-refractivity contribution in [2.24, 2.45) is 0 Å². The van der Waals surface area contributed by atoms with Crippen molar-refractivity contribution in [2.75, 3.05) is 7.11 Å². The Labute approximate surface area is 163 Å². The molecule has 2 rings (SSSR count). The molecule has 0 aliphatic heterocycles. The first kappa shape index (κ1) is 20.9. The number of aromatic amines is 1. The second-order valence-electron chi connectivity index (χ2n) is 6.48. The number of amides is 1. The van der Waals surface area contributed by atoms with Crippen LogP contribution in [0.1, 0.15) is 46.8 Å². The van der Waals surface area contributed by atoms with Crippen LogP contribution in [0.15, 0.2) is 35.1 Å². The summed E-state index contributed by atoms with van der Waals surface area (Å²) < 4.78 is 4.73. The highest BCUT2D eigenvalue weighted by Gasteiger charge is 2.19. The number of hydrogen-bond donors (Lipinski definition) is 2. The lowest BCUT2D eigenvalue weighted by molar-refractivity contribution is -0.141. The summed E-state index contributed by atoms with van der Waals surface area (Å²) in [6.45, 7) is 3.45. The molecule has 1 heterocycles. The van der Waals surface area contributed by atoms with Crippen LogP contribution in [0.5, 0.6) is 0 Å². The Morgan fingerprint density at radius 1 is 1.25 bits per heavy atom. The second-order valence-corrected chi connectivity index (χ2v) is 6.48. The number of pyridine rings is 1. The number of nitrogens with zero attached hydrogens (tertiary/aromatic N) is 1. The predicted molar refractivity (Wildman–Crippen MR) is 104 cm³/mol. The van der Waals surface area contributed by atoms with Crippen LogP contribution < -0.4 is 10.9 Å². The number of methoxy groups -OCH3 is 1. The molecule has 1 amide bonds. The lowest BCUT2D eigenvalue weighted by atomic mass is 9.98. The number of carbonyl (C=O) groups is 2. The van der Waals surface area contributed by atoms with Crippen molar-refractivity contribution in [1.82, 2.24) is 10.3 Å². The minimum Gasteiger partial charge on any atom is -0.469 e. The second kappa shape index (κ2) is 9.51. The Morgan fingerprint density at radius 3 is 2.54 bits per heavy atom. The molecule has 7 heteroatoms. The molecule has 1 aromatic carbocycles. The van der Waals surface area contributed by atoms with Gasteiger partial charge in [0.05, 0.1) is 19.6 Å². The zero-order chi connectivity index (χ0) is 20.7. The highest BCUT2D eigenvalue weighted by Crippen LogP contribution is 2.19. The molecule has 7 nitrogen and oxygen atoms in total. The molecule has 1 atom stereocenters. The average Bonchev–Trinajstić information content (AvgIpc) is 2.67. The molecular weight excluding hydrogens is 358 g/mol. The topological polar surface area (TPSA) is 112 Å². The van der Waals surface area contributed by atoms with Crippen molar-refractivity contribution in [3.8, 4) is 6.07 Å². The number of benzene rings is 1. The van der Waals surface area contributed by atoms with Gasteiger partial charge in [0.25, 0.3) is 5.56 Å². The van der Waals surface area contributed by atoms with E-state index >= 15 is 0 Å². The maximum absolute atomic E-state index is 12.5. The fourth-order valence-corrected chi connectivity index (χ4v) is 3.11. The minimum absolute atomic E-state index is 0.0293. The first-order valence-electron chi connectivity index (χ1n) is 8.91. The molecule has 0 radical (unpaired) electrons. The number of rotatable bonds is 7. The number of aromatic nitrogens is 1. The number of nitriles is 1. The Kier molecular flexibility index (Phi) is 7.10. The van der Waals surface area contributed by atoms with Gasteiger partial charge in [-0.2, -0.15) is 5.26 Å². The summed E-state index contributed by atoms with van der Waals surface area (Å²) in [7, 11) is 1.31. The number of aryl methyl sites for hydroxylation is 1. The summed E-state index contributed by atoms with van der Waals surface area (Å²) in [6.07, 6.45) is 0.555. The van der Waals surface area contributed by atoms with E-state index in [0.29, 0.717) is 17.7 Å². The van der Waals surface area contributed by atoms with E-state index in [1.807, 2.05) is 36.4 Å². The molecule has 28 heavy (non-hydrogen) atoms. The largest absolute Gasteiger partial charge is 0.469 e. The minimum atomic E-state index is -0.492. The van der Waals surface area contributed by atoms with Crippen molar-refractivity contribution >= 4 is 11.9 Å². The van der Waals surface area contributed by atoms with Gasteiger partial charge in [-0.15, -0.1) is 0 Å². The number of ether oxygens (including phenoxy) is 1. The van der Waals surface area contributed by atoms with E-state index in [1.54, 1.807) is 13.8 Å². The molecule has 0 bridgehead atoms. The summed E-state index contributed by atoms with van der Waals surface area (Å²) in [5.41, 5.74) is 2.45. The van der Waals surface area contributed by atoms with Gasteiger partial charge in [-0.25, -0.2) is 0 Å². The maximum atomic E-state index is 12.5. The van der Waals surface area contributed by atoms with Crippen LogP contribution in [0.3, 0.4) is 0 Å². The molecule has 0 aliphatic carbocycles. The first-order valence-corrected chi connectivity index (χ1v) is 8.91. The van der Waals surface area contributed by atoms with E-state index < -0.39 is 17.6 Å². The molecule has 1 aromatic heterocycles. The Hall–Kier alpha value is -3.40. The third-order valence-electron chi connectivity index (χ3n) is 4.66. The van der Waals surface area contributed by atoms with Crippen molar-refractivity contribution in [3.63, 3.8) is 0 Å². The smallest absolute Gasteiger partial charge is 0.307 e. The van der Waals surface area contributed by atoms with Crippen molar-refractivity contribution in [3.05, 3.63) is 68.6 Å². The number of esters is 1. The normalized spacial score (nSPS) is 11.4. The third-order valence-corrected chi connectivity index (χ3v) is 4.66. The van der Waals surface area contributed by atoms with Gasteiger partial charge in [-0.3, -0.25) is 14.4 Å². The van der Waals surface area contributed by atoms with Crippen LogP contribution in [0.2, 0.25) is 0 Å². The molecular formula is C21H23N3O4. The summed E-state index contributed by atoms with van der Waals surface area (Å²) in [5, 5.41) is 12.0. The molecule has 0 fully saturated rings. The molecule has 2 N–H and O–H groups in total. The average molecular weight is 381 g/mol. The van der Waals surface area contributed by atoms with Crippen LogP contribution in [-0.2, 0) is 20.7 Å². The summed E-state index contributed by atoms with van der Waals surface area (Å²) >= 11 is 0. The number of carbonyl (C=O) groups excluding carboxylic acids is 2. The van der Waals surface area contributed by atoms with E-state index in [4.69, 9.17) is 10.00 Å². The molecule has 0 saturated heterocycles. The standard InChI is InChI=1S/C21H23N3O4/c1-13-16(14(2)23-21(27)17(13)12-22)9-10-19(25)24-18(11-20(26)28-3)15-7-5-4-6-8-15/h4-8,18H,9-11H2,1-3H3,(H,23,27)(H,24,25). The first-order chi connectivity index (χ1) is 13.4. The van der Waals surface area contributed by atoms with Gasteiger partial charge in [0.1, 0.15) is 11.6 Å². The molecule has 0 spiro atoms. The third kappa shape index (κ3) is 5.07. The maximum Gasteiger partial charge on any atom is 0.307 e. The van der Waals surface area contributed by atoms with E-state index in [0.717, 1.165) is 11.1 Å². The highest BCUT2D eigenvalue weighted by molar-refractivity contribution is 5.78. The fourth-order valence-electron chi connectivity index (χ4n) is 3.11. The molecule has 1 unspecified atom stereocenters. The van der Waals surface area contributed by atoms with Gasteiger partial charge in [-0.1, -0.05) is 30.3 Å². The monoisotopic (exact) mass is 381 g/mol. The lowest BCUT2D eigenvalue weighted by Crippen LogP contribution is -2.31. The van der Waals surface area contributed by atoms with Crippen LogP contribution in [0.4, 0.5) is 0 Å². The quantitative estimate of drug-likeness (QED) is 0.714. The van der Waals surface area contributed by atoms with Crippen LogP contribution in [0, 0.1) is 25.2 Å².